The largest absolute Gasteiger partial charge is 0.377 e. The quantitative estimate of drug-likeness (QED) is 0.927. The Morgan fingerprint density at radius 3 is 2.89 bits per heavy atom. The van der Waals surface area contributed by atoms with Crippen LogP contribution in [-0.2, 0) is 6.54 Å². The van der Waals surface area contributed by atoms with Gasteiger partial charge in [-0.1, -0.05) is 11.6 Å². The fourth-order valence-corrected chi connectivity index (χ4v) is 2.03. The van der Waals surface area contributed by atoms with Crippen LogP contribution in [0.25, 0.3) is 0 Å². The summed E-state index contributed by atoms with van der Waals surface area (Å²) in [4.78, 5) is 0. The first kappa shape index (κ1) is 13.4. The Hall–Kier alpha value is -1.99. The van der Waals surface area contributed by atoms with Crippen molar-refractivity contribution in [1.29, 1.82) is 5.26 Å². The Morgan fingerprint density at radius 2 is 2.32 bits per heavy atom. The molecule has 5 heteroatoms. The molecule has 2 rings (SSSR count). The lowest BCUT2D eigenvalue weighted by atomic mass is 10.1. The second-order valence-corrected chi connectivity index (χ2v) is 4.71. The number of halogens is 1. The highest BCUT2D eigenvalue weighted by Crippen LogP contribution is 2.26. The Morgan fingerprint density at radius 1 is 1.53 bits per heavy atom. The smallest absolute Gasteiger partial charge is 0.0992 e. The van der Waals surface area contributed by atoms with E-state index in [4.69, 9.17) is 16.9 Å². The van der Waals surface area contributed by atoms with E-state index in [0.717, 1.165) is 17.8 Å². The van der Waals surface area contributed by atoms with E-state index in [9.17, 15) is 0 Å². The minimum Gasteiger partial charge on any atom is -0.377 e. The zero-order valence-electron chi connectivity index (χ0n) is 10.9. The van der Waals surface area contributed by atoms with Gasteiger partial charge in [-0.25, -0.2) is 0 Å². The number of aryl methyl sites for hydroxylation is 1. The van der Waals surface area contributed by atoms with Crippen LogP contribution >= 0.6 is 11.6 Å². The third-order valence-electron chi connectivity index (χ3n) is 2.95. The SMILES string of the molecule is CCn1cc(C(C)Nc2ccc(C#N)cc2Cl)cn1. The Labute approximate surface area is 117 Å². The molecule has 1 atom stereocenters. The van der Waals surface area contributed by atoms with Gasteiger partial charge in [0.2, 0.25) is 0 Å². The molecule has 1 aromatic carbocycles. The van der Waals surface area contributed by atoms with Gasteiger partial charge in [-0.05, 0) is 32.0 Å². The molecule has 1 heterocycles. The van der Waals surface area contributed by atoms with E-state index in [0.29, 0.717) is 10.6 Å². The van der Waals surface area contributed by atoms with E-state index < -0.39 is 0 Å². The fourth-order valence-electron chi connectivity index (χ4n) is 1.79. The van der Waals surface area contributed by atoms with Gasteiger partial charge in [-0.3, -0.25) is 4.68 Å². The first-order valence-electron chi connectivity index (χ1n) is 6.12. The number of hydrogen-bond donors (Lipinski definition) is 1. The summed E-state index contributed by atoms with van der Waals surface area (Å²) in [5.74, 6) is 0. The number of anilines is 1. The van der Waals surface area contributed by atoms with Crippen molar-refractivity contribution in [1.82, 2.24) is 9.78 Å². The van der Waals surface area contributed by atoms with Crippen molar-refractivity contribution in [2.75, 3.05) is 5.32 Å². The number of rotatable bonds is 4. The van der Waals surface area contributed by atoms with Crippen molar-refractivity contribution in [2.45, 2.75) is 26.4 Å². The van der Waals surface area contributed by atoms with Crippen LogP contribution in [0.5, 0.6) is 0 Å². The van der Waals surface area contributed by atoms with Crippen molar-refractivity contribution in [3.8, 4) is 6.07 Å². The van der Waals surface area contributed by atoms with E-state index in [1.807, 2.05) is 37.0 Å². The molecule has 2 aromatic rings. The molecule has 0 fully saturated rings. The van der Waals surface area contributed by atoms with Gasteiger partial charge in [0.05, 0.1) is 34.6 Å². The highest BCUT2D eigenvalue weighted by atomic mass is 35.5. The van der Waals surface area contributed by atoms with Gasteiger partial charge in [-0.15, -0.1) is 0 Å². The summed E-state index contributed by atoms with van der Waals surface area (Å²) < 4.78 is 1.88. The van der Waals surface area contributed by atoms with Crippen LogP contribution in [0.4, 0.5) is 5.69 Å². The first-order chi connectivity index (χ1) is 9.13. The average Bonchev–Trinajstić information content (AvgIpc) is 2.90. The molecule has 0 amide bonds. The zero-order valence-corrected chi connectivity index (χ0v) is 11.6. The lowest BCUT2D eigenvalue weighted by Gasteiger charge is -2.15. The van der Waals surface area contributed by atoms with Gasteiger partial charge in [0, 0.05) is 18.3 Å². The van der Waals surface area contributed by atoms with E-state index in [1.165, 1.54) is 0 Å². The third-order valence-corrected chi connectivity index (χ3v) is 3.26. The summed E-state index contributed by atoms with van der Waals surface area (Å²) in [6, 6.07) is 7.39. The maximum atomic E-state index is 8.80. The summed E-state index contributed by atoms with van der Waals surface area (Å²) in [6.45, 7) is 4.95. The Balaban J connectivity index is 2.14. The number of nitrogens with zero attached hydrogens (tertiary/aromatic N) is 3. The molecular weight excluding hydrogens is 260 g/mol. The molecule has 1 unspecified atom stereocenters. The molecule has 0 aliphatic rings. The van der Waals surface area contributed by atoms with Crippen molar-refractivity contribution in [2.24, 2.45) is 0 Å². The zero-order chi connectivity index (χ0) is 13.8. The Bertz CT molecular complexity index is 612. The van der Waals surface area contributed by atoms with Crippen molar-refractivity contribution in [3.63, 3.8) is 0 Å². The van der Waals surface area contributed by atoms with Crippen LogP contribution in [0.1, 0.15) is 31.0 Å². The second kappa shape index (κ2) is 5.77. The second-order valence-electron chi connectivity index (χ2n) is 4.30. The lowest BCUT2D eigenvalue weighted by molar-refractivity contribution is 0.658. The minimum absolute atomic E-state index is 0.103. The van der Waals surface area contributed by atoms with Gasteiger partial charge in [0.25, 0.3) is 0 Å². The standard InChI is InChI=1S/C14H15ClN4/c1-3-19-9-12(8-17-19)10(2)18-14-5-4-11(7-16)6-13(14)15/h4-6,8-10,18H,3H2,1-2H3. The fraction of sp³-hybridized carbons (Fsp3) is 0.286. The minimum atomic E-state index is 0.103. The maximum absolute atomic E-state index is 8.80. The van der Waals surface area contributed by atoms with Crippen LogP contribution in [0.15, 0.2) is 30.6 Å². The molecule has 19 heavy (non-hydrogen) atoms. The number of nitrogens with one attached hydrogen (secondary N) is 1. The van der Waals surface area contributed by atoms with E-state index in [-0.39, 0.29) is 6.04 Å². The average molecular weight is 275 g/mol. The molecule has 0 bridgehead atoms. The molecule has 0 aliphatic heterocycles. The molecule has 0 radical (unpaired) electrons. The summed E-state index contributed by atoms with van der Waals surface area (Å²) in [5, 5.41) is 16.9. The monoisotopic (exact) mass is 274 g/mol. The molecule has 0 saturated carbocycles. The lowest BCUT2D eigenvalue weighted by Crippen LogP contribution is -2.06. The van der Waals surface area contributed by atoms with Crippen LogP contribution in [-0.4, -0.2) is 9.78 Å². The molecule has 0 spiro atoms. The van der Waals surface area contributed by atoms with E-state index in [2.05, 4.69) is 16.5 Å². The number of aromatic nitrogens is 2. The summed E-state index contributed by atoms with van der Waals surface area (Å²) in [7, 11) is 0. The predicted molar refractivity (Wildman–Crippen MR) is 76.1 cm³/mol. The number of benzene rings is 1. The van der Waals surface area contributed by atoms with Gasteiger partial charge in [-0.2, -0.15) is 10.4 Å². The predicted octanol–water partition coefficient (Wildman–Crippen LogP) is 3.60. The third kappa shape index (κ3) is 3.07. The van der Waals surface area contributed by atoms with Crippen molar-refractivity contribution in [3.05, 3.63) is 46.7 Å². The number of nitriles is 1. The van der Waals surface area contributed by atoms with Crippen molar-refractivity contribution < 1.29 is 0 Å². The van der Waals surface area contributed by atoms with Gasteiger partial charge in [0.1, 0.15) is 0 Å². The highest BCUT2D eigenvalue weighted by molar-refractivity contribution is 6.33. The van der Waals surface area contributed by atoms with Crippen LogP contribution < -0.4 is 5.32 Å². The summed E-state index contributed by atoms with van der Waals surface area (Å²) in [6.07, 6.45) is 3.86. The van der Waals surface area contributed by atoms with Gasteiger partial charge in [0.15, 0.2) is 0 Å². The maximum Gasteiger partial charge on any atom is 0.0992 e. The van der Waals surface area contributed by atoms with Crippen LogP contribution in [0.3, 0.4) is 0 Å². The summed E-state index contributed by atoms with van der Waals surface area (Å²) in [5.41, 5.74) is 2.47. The molecule has 0 aliphatic carbocycles. The molecule has 1 N–H and O–H groups in total. The molecule has 1 aromatic heterocycles. The molecular formula is C14H15ClN4. The normalized spacial score (nSPS) is 11.9. The van der Waals surface area contributed by atoms with E-state index in [1.54, 1.807) is 12.1 Å². The van der Waals surface area contributed by atoms with E-state index >= 15 is 0 Å². The first-order valence-corrected chi connectivity index (χ1v) is 6.50. The topological polar surface area (TPSA) is 53.6 Å². The molecule has 0 saturated heterocycles. The highest BCUT2D eigenvalue weighted by Gasteiger charge is 2.10. The van der Waals surface area contributed by atoms with Crippen LogP contribution in [0, 0.1) is 11.3 Å². The molecule has 4 nitrogen and oxygen atoms in total. The van der Waals surface area contributed by atoms with Crippen molar-refractivity contribution >= 4 is 17.3 Å². The summed E-state index contributed by atoms with van der Waals surface area (Å²) >= 11 is 6.14. The number of hydrogen-bond acceptors (Lipinski definition) is 3. The molecule has 98 valence electrons. The van der Waals surface area contributed by atoms with Gasteiger partial charge >= 0.3 is 0 Å². The van der Waals surface area contributed by atoms with Gasteiger partial charge < -0.3 is 5.32 Å². The van der Waals surface area contributed by atoms with Crippen LogP contribution in [0.2, 0.25) is 5.02 Å². The Kier molecular flexibility index (Phi) is 4.08.